The molecule has 120 valence electrons. The maximum absolute atomic E-state index is 12.0. The smallest absolute Gasteiger partial charge is 0.224 e. The Bertz CT molecular complexity index is 477. The molecular formula is C18H26N2O2. The number of ether oxygens (including phenoxy) is 1. The van der Waals surface area contributed by atoms with Crippen LogP contribution in [0.1, 0.15) is 32.1 Å². The molecule has 1 aromatic carbocycles. The molecule has 3 rings (SSSR count). The van der Waals surface area contributed by atoms with E-state index in [0.717, 1.165) is 57.7 Å². The van der Waals surface area contributed by atoms with Crippen molar-refractivity contribution < 1.29 is 9.53 Å². The number of carbonyl (C=O) groups is 1. The molecule has 2 atom stereocenters. The van der Waals surface area contributed by atoms with E-state index in [-0.39, 0.29) is 11.8 Å². The number of nitrogens with one attached hydrogen (secondary N) is 1. The van der Waals surface area contributed by atoms with E-state index in [1.165, 1.54) is 6.42 Å². The molecule has 2 aliphatic heterocycles. The predicted octanol–water partition coefficient (Wildman–Crippen LogP) is 2.45. The number of amides is 1. The van der Waals surface area contributed by atoms with Gasteiger partial charge in [0, 0.05) is 19.1 Å². The van der Waals surface area contributed by atoms with E-state index in [1.807, 2.05) is 30.3 Å². The summed E-state index contributed by atoms with van der Waals surface area (Å²) < 4.78 is 5.73. The molecule has 0 unspecified atom stereocenters. The minimum Gasteiger partial charge on any atom is -0.494 e. The average molecular weight is 302 g/mol. The van der Waals surface area contributed by atoms with Crippen molar-refractivity contribution in [2.75, 3.05) is 26.2 Å². The van der Waals surface area contributed by atoms with Crippen LogP contribution in [0.25, 0.3) is 0 Å². The van der Waals surface area contributed by atoms with Gasteiger partial charge in [-0.15, -0.1) is 0 Å². The first-order chi connectivity index (χ1) is 10.8. The molecule has 2 fully saturated rings. The summed E-state index contributed by atoms with van der Waals surface area (Å²) in [6.07, 6.45) is 5.56. The van der Waals surface area contributed by atoms with Gasteiger partial charge in [0.2, 0.25) is 5.91 Å². The quantitative estimate of drug-likeness (QED) is 0.821. The molecule has 2 bridgehead atoms. The summed E-state index contributed by atoms with van der Waals surface area (Å²) in [6.45, 7) is 3.78. The molecule has 0 aliphatic carbocycles. The summed E-state index contributed by atoms with van der Waals surface area (Å²) >= 11 is 0. The van der Waals surface area contributed by atoms with Crippen molar-refractivity contribution in [3.63, 3.8) is 0 Å². The molecule has 2 saturated heterocycles. The highest BCUT2D eigenvalue weighted by atomic mass is 16.5. The van der Waals surface area contributed by atoms with Gasteiger partial charge in [0.1, 0.15) is 5.75 Å². The third-order valence-electron chi connectivity index (χ3n) is 4.66. The largest absolute Gasteiger partial charge is 0.494 e. The lowest BCUT2D eigenvalue weighted by molar-refractivity contribution is -0.124. The van der Waals surface area contributed by atoms with Crippen LogP contribution in [0.5, 0.6) is 5.75 Å². The predicted molar refractivity (Wildman–Crippen MR) is 86.9 cm³/mol. The Morgan fingerprint density at radius 2 is 2.00 bits per heavy atom. The van der Waals surface area contributed by atoms with Crippen LogP contribution in [0.4, 0.5) is 0 Å². The summed E-state index contributed by atoms with van der Waals surface area (Å²) in [6, 6.07) is 10.3. The lowest BCUT2D eigenvalue weighted by Crippen LogP contribution is -2.39. The zero-order valence-electron chi connectivity index (χ0n) is 13.2. The fourth-order valence-electron chi connectivity index (χ4n) is 3.47. The van der Waals surface area contributed by atoms with Crippen LogP contribution < -0.4 is 10.1 Å². The van der Waals surface area contributed by atoms with E-state index in [2.05, 4.69) is 10.2 Å². The first-order valence-corrected chi connectivity index (χ1v) is 8.52. The number of carbonyl (C=O) groups excluding carboxylic acids is 1. The van der Waals surface area contributed by atoms with Gasteiger partial charge in [-0.3, -0.25) is 4.79 Å². The van der Waals surface area contributed by atoms with Gasteiger partial charge in [0.05, 0.1) is 12.5 Å². The van der Waals surface area contributed by atoms with Gasteiger partial charge in [-0.25, -0.2) is 0 Å². The summed E-state index contributed by atoms with van der Waals surface area (Å²) in [5.74, 6) is 1.42. The highest BCUT2D eigenvalue weighted by Gasteiger charge is 2.31. The van der Waals surface area contributed by atoms with Crippen LogP contribution in [0.3, 0.4) is 0 Å². The maximum Gasteiger partial charge on any atom is 0.224 e. The first-order valence-electron chi connectivity index (χ1n) is 8.52. The zero-order chi connectivity index (χ0) is 15.2. The van der Waals surface area contributed by atoms with Gasteiger partial charge >= 0.3 is 0 Å². The van der Waals surface area contributed by atoms with Crippen LogP contribution >= 0.6 is 0 Å². The van der Waals surface area contributed by atoms with Crippen LogP contribution in [-0.2, 0) is 4.79 Å². The Balaban J connectivity index is 1.38. The fourth-order valence-corrected chi connectivity index (χ4v) is 3.47. The molecule has 1 aromatic rings. The molecule has 0 saturated carbocycles. The summed E-state index contributed by atoms with van der Waals surface area (Å²) in [4.78, 5) is 14.5. The highest BCUT2D eigenvalue weighted by molar-refractivity contribution is 5.79. The number of para-hydroxylation sites is 1. The Morgan fingerprint density at radius 3 is 2.86 bits per heavy atom. The highest BCUT2D eigenvalue weighted by Crippen LogP contribution is 2.22. The van der Waals surface area contributed by atoms with Gasteiger partial charge in [-0.2, -0.15) is 0 Å². The molecule has 2 heterocycles. The molecular weight excluding hydrogens is 276 g/mol. The Labute approximate surface area is 132 Å². The van der Waals surface area contributed by atoms with Crippen molar-refractivity contribution in [3.05, 3.63) is 30.3 Å². The monoisotopic (exact) mass is 302 g/mol. The Hall–Kier alpha value is -1.55. The Morgan fingerprint density at radius 1 is 1.14 bits per heavy atom. The minimum absolute atomic E-state index is 0.202. The number of fused-ring (bicyclic) bond motifs is 3. The second-order valence-corrected chi connectivity index (χ2v) is 6.46. The van der Waals surface area contributed by atoms with Crippen molar-refractivity contribution in [3.8, 4) is 5.75 Å². The molecule has 0 aromatic heterocycles. The lowest BCUT2D eigenvalue weighted by atomic mass is 9.99. The zero-order valence-corrected chi connectivity index (χ0v) is 13.2. The molecule has 0 spiro atoms. The maximum atomic E-state index is 12.0. The van der Waals surface area contributed by atoms with Crippen molar-refractivity contribution in [1.29, 1.82) is 0 Å². The van der Waals surface area contributed by atoms with E-state index in [0.29, 0.717) is 6.04 Å². The molecule has 4 nitrogen and oxygen atoms in total. The van der Waals surface area contributed by atoms with Crippen molar-refractivity contribution in [1.82, 2.24) is 10.2 Å². The van der Waals surface area contributed by atoms with Crippen LogP contribution in [0.15, 0.2) is 30.3 Å². The van der Waals surface area contributed by atoms with E-state index < -0.39 is 0 Å². The van der Waals surface area contributed by atoms with Gasteiger partial charge in [0.25, 0.3) is 0 Å². The first kappa shape index (κ1) is 15.3. The second kappa shape index (κ2) is 7.63. The number of hydrogen-bond donors (Lipinski definition) is 1. The summed E-state index contributed by atoms with van der Waals surface area (Å²) in [5, 5.41) is 3.19. The molecule has 0 radical (unpaired) electrons. The van der Waals surface area contributed by atoms with Gasteiger partial charge in [0.15, 0.2) is 0 Å². The standard InChI is InChI=1S/C18H26N2O2/c21-18-15-7-6-8-16(19-18)14-20(13-15)11-4-5-12-22-17-9-2-1-3-10-17/h1-3,9-10,15-16H,4-8,11-14H2,(H,19,21)/t15-,16+/m1/s1. The molecule has 22 heavy (non-hydrogen) atoms. The van der Waals surface area contributed by atoms with Crippen LogP contribution in [-0.4, -0.2) is 43.1 Å². The van der Waals surface area contributed by atoms with E-state index in [9.17, 15) is 4.79 Å². The fraction of sp³-hybridized carbons (Fsp3) is 0.611. The van der Waals surface area contributed by atoms with Crippen LogP contribution in [0, 0.1) is 5.92 Å². The topological polar surface area (TPSA) is 41.6 Å². The van der Waals surface area contributed by atoms with Crippen molar-refractivity contribution in [2.45, 2.75) is 38.1 Å². The number of benzene rings is 1. The minimum atomic E-state index is 0.202. The number of likely N-dealkylation sites (tertiary alicyclic amines) is 1. The third-order valence-corrected chi connectivity index (χ3v) is 4.66. The van der Waals surface area contributed by atoms with E-state index in [4.69, 9.17) is 4.74 Å². The number of hydrogen-bond acceptors (Lipinski definition) is 3. The van der Waals surface area contributed by atoms with Gasteiger partial charge in [-0.05, 0) is 44.4 Å². The Kier molecular flexibility index (Phi) is 5.33. The molecule has 2 aliphatic rings. The number of nitrogens with zero attached hydrogens (tertiary/aromatic N) is 1. The number of unbranched alkanes of at least 4 members (excludes halogenated alkanes) is 1. The van der Waals surface area contributed by atoms with Gasteiger partial charge < -0.3 is 15.0 Å². The molecule has 1 N–H and O–H groups in total. The van der Waals surface area contributed by atoms with E-state index in [1.54, 1.807) is 0 Å². The lowest BCUT2D eigenvalue weighted by Gasteiger charge is -2.27. The van der Waals surface area contributed by atoms with Crippen molar-refractivity contribution >= 4 is 5.91 Å². The summed E-state index contributed by atoms with van der Waals surface area (Å²) in [5.41, 5.74) is 0. The van der Waals surface area contributed by atoms with Gasteiger partial charge in [-0.1, -0.05) is 24.6 Å². The third kappa shape index (κ3) is 4.23. The second-order valence-electron chi connectivity index (χ2n) is 6.46. The number of rotatable bonds is 6. The molecule has 4 heteroatoms. The SMILES string of the molecule is O=C1N[C@H]2CCC[C@@H]1CN(CCCCOc1ccccc1)C2. The average Bonchev–Trinajstić information content (AvgIpc) is 2.76. The normalized spacial score (nSPS) is 25.4. The van der Waals surface area contributed by atoms with Crippen molar-refractivity contribution in [2.24, 2.45) is 5.92 Å². The van der Waals surface area contributed by atoms with Crippen LogP contribution in [0.2, 0.25) is 0 Å². The molecule has 1 amide bonds. The summed E-state index contributed by atoms with van der Waals surface area (Å²) in [7, 11) is 0. The van der Waals surface area contributed by atoms with E-state index >= 15 is 0 Å².